The van der Waals surface area contributed by atoms with Gasteiger partial charge in [0.25, 0.3) is 0 Å². The molecule has 0 amide bonds. The largest absolute Gasteiger partial charge is 0.339 e. The average molecular weight is 381 g/mol. The van der Waals surface area contributed by atoms with Crippen LogP contribution in [0.25, 0.3) is 5.69 Å². The molecule has 0 unspecified atom stereocenters. The van der Waals surface area contributed by atoms with Crippen molar-refractivity contribution in [3.63, 3.8) is 0 Å². The minimum Gasteiger partial charge on any atom is -0.339 e. The van der Waals surface area contributed by atoms with E-state index in [4.69, 9.17) is 4.98 Å². The first-order valence-electron chi connectivity index (χ1n) is 9.97. The highest BCUT2D eigenvalue weighted by Crippen LogP contribution is 2.29. The Hall–Kier alpha value is -2.74. The summed E-state index contributed by atoms with van der Waals surface area (Å²) >= 11 is 0. The van der Waals surface area contributed by atoms with E-state index in [1.165, 1.54) is 5.82 Å². The molecule has 1 aliphatic heterocycles. The Labute approximate surface area is 165 Å². The molecule has 1 saturated heterocycles. The van der Waals surface area contributed by atoms with Crippen molar-refractivity contribution in [2.75, 3.05) is 38.6 Å². The number of para-hydroxylation sites is 1. The number of hydrogen-bond acceptors (Lipinski definition) is 6. The van der Waals surface area contributed by atoms with Crippen molar-refractivity contribution in [3.8, 4) is 5.69 Å². The smallest absolute Gasteiger partial charge is 0.250 e. The number of aromatic nitrogens is 6. The van der Waals surface area contributed by atoms with E-state index in [1.54, 1.807) is 0 Å². The molecule has 0 spiro atoms. The molecule has 4 rings (SSSR count). The lowest BCUT2D eigenvalue weighted by Crippen LogP contribution is -2.37. The van der Waals surface area contributed by atoms with Gasteiger partial charge in [-0.25, -0.2) is 4.98 Å². The zero-order chi connectivity index (χ0) is 19.3. The maximum absolute atomic E-state index is 4.70. The van der Waals surface area contributed by atoms with Gasteiger partial charge in [0, 0.05) is 37.9 Å². The Balaban J connectivity index is 1.49. The Morgan fingerprint density at radius 3 is 2.86 bits per heavy atom. The maximum atomic E-state index is 4.70. The van der Waals surface area contributed by atoms with Gasteiger partial charge in [-0.05, 0) is 62.5 Å². The van der Waals surface area contributed by atoms with Gasteiger partial charge in [0.05, 0.1) is 5.69 Å². The molecule has 3 heterocycles. The number of piperidine rings is 1. The first kappa shape index (κ1) is 18.6. The topological polar surface area (TPSA) is 67.9 Å². The lowest BCUT2D eigenvalue weighted by molar-refractivity contribution is 0.380. The Bertz CT molecular complexity index is 869. The number of benzene rings is 1. The zero-order valence-corrected chi connectivity index (χ0v) is 16.6. The SMILES string of the molecule is CN(C)CCCn1ccnc1[C@H]1CCCN(c2nnnn2-c2ccccc2)C1. The highest BCUT2D eigenvalue weighted by Gasteiger charge is 2.27. The van der Waals surface area contributed by atoms with Crippen molar-refractivity contribution < 1.29 is 0 Å². The van der Waals surface area contributed by atoms with Crippen LogP contribution in [0.1, 0.15) is 31.0 Å². The Morgan fingerprint density at radius 1 is 1.18 bits per heavy atom. The van der Waals surface area contributed by atoms with Crippen molar-refractivity contribution in [2.45, 2.75) is 31.7 Å². The van der Waals surface area contributed by atoms with Crippen molar-refractivity contribution >= 4 is 5.95 Å². The van der Waals surface area contributed by atoms with E-state index in [0.717, 1.165) is 57.1 Å². The van der Waals surface area contributed by atoms with Crippen molar-refractivity contribution in [1.82, 2.24) is 34.7 Å². The van der Waals surface area contributed by atoms with Crippen LogP contribution >= 0.6 is 0 Å². The van der Waals surface area contributed by atoms with Gasteiger partial charge in [0.1, 0.15) is 5.82 Å². The molecule has 1 aliphatic rings. The molecule has 28 heavy (non-hydrogen) atoms. The van der Waals surface area contributed by atoms with E-state index in [0.29, 0.717) is 5.92 Å². The molecule has 0 saturated carbocycles. The number of nitrogens with zero attached hydrogens (tertiary/aromatic N) is 8. The fourth-order valence-corrected chi connectivity index (χ4v) is 3.91. The van der Waals surface area contributed by atoms with E-state index in [9.17, 15) is 0 Å². The van der Waals surface area contributed by atoms with Crippen molar-refractivity contribution in [2.24, 2.45) is 0 Å². The van der Waals surface area contributed by atoms with Crippen LogP contribution in [0.15, 0.2) is 42.7 Å². The summed E-state index contributed by atoms with van der Waals surface area (Å²) in [5, 5.41) is 12.5. The van der Waals surface area contributed by atoms with Gasteiger partial charge in [0.15, 0.2) is 0 Å². The van der Waals surface area contributed by atoms with Crippen LogP contribution in [0.2, 0.25) is 0 Å². The molecule has 8 heteroatoms. The standard InChI is InChI=1S/C20H28N8/c1-25(2)12-7-14-26-15-11-21-19(26)17-8-6-13-27(16-17)20-22-23-24-28(20)18-9-4-3-5-10-18/h3-5,9-11,15,17H,6-8,12-14,16H2,1-2H3/t17-/m0/s1. The Kier molecular flexibility index (Phi) is 5.66. The molecule has 8 nitrogen and oxygen atoms in total. The Morgan fingerprint density at radius 2 is 2.04 bits per heavy atom. The van der Waals surface area contributed by atoms with Crippen LogP contribution in [-0.4, -0.2) is 68.4 Å². The summed E-state index contributed by atoms with van der Waals surface area (Å²) in [5.41, 5.74) is 0.981. The van der Waals surface area contributed by atoms with E-state index >= 15 is 0 Å². The molecule has 148 valence electrons. The number of imidazole rings is 1. The molecular weight excluding hydrogens is 352 g/mol. The third-order valence-corrected chi connectivity index (χ3v) is 5.28. The summed E-state index contributed by atoms with van der Waals surface area (Å²) in [6.45, 7) is 3.94. The molecular formula is C20H28N8. The summed E-state index contributed by atoms with van der Waals surface area (Å²) in [6.07, 6.45) is 7.42. The zero-order valence-electron chi connectivity index (χ0n) is 16.6. The molecule has 0 radical (unpaired) electrons. The second kappa shape index (κ2) is 8.52. The summed E-state index contributed by atoms with van der Waals surface area (Å²) in [4.78, 5) is 9.21. The van der Waals surface area contributed by atoms with Gasteiger partial charge in [-0.2, -0.15) is 4.68 Å². The number of tetrazole rings is 1. The first-order chi connectivity index (χ1) is 13.7. The number of hydrogen-bond donors (Lipinski definition) is 0. The third-order valence-electron chi connectivity index (χ3n) is 5.28. The molecule has 1 atom stereocenters. The van der Waals surface area contributed by atoms with Crippen LogP contribution in [0.3, 0.4) is 0 Å². The van der Waals surface area contributed by atoms with Gasteiger partial charge in [-0.15, -0.1) is 0 Å². The number of rotatable bonds is 7. The lowest BCUT2D eigenvalue weighted by atomic mass is 9.97. The summed E-state index contributed by atoms with van der Waals surface area (Å²) in [5.74, 6) is 2.38. The molecule has 1 aromatic carbocycles. The van der Waals surface area contributed by atoms with Crippen LogP contribution in [0.4, 0.5) is 5.95 Å². The minimum absolute atomic E-state index is 0.393. The summed E-state index contributed by atoms with van der Waals surface area (Å²) < 4.78 is 4.14. The number of aryl methyl sites for hydroxylation is 1. The molecule has 2 aromatic heterocycles. The third kappa shape index (κ3) is 4.06. The highest BCUT2D eigenvalue weighted by atomic mass is 15.6. The van der Waals surface area contributed by atoms with Crippen LogP contribution in [-0.2, 0) is 6.54 Å². The summed E-state index contributed by atoms with van der Waals surface area (Å²) in [6, 6.07) is 10.1. The fraction of sp³-hybridized carbons (Fsp3) is 0.500. The van der Waals surface area contributed by atoms with Crippen molar-refractivity contribution in [1.29, 1.82) is 0 Å². The van der Waals surface area contributed by atoms with Gasteiger partial charge >= 0.3 is 0 Å². The van der Waals surface area contributed by atoms with E-state index in [2.05, 4.69) is 50.2 Å². The molecule has 3 aromatic rings. The second-order valence-electron chi connectivity index (χ2n) is 7.65. The normalized spacial score (nSPS) is 17.4. The van der Waals surface area contributed by atoms with Crippen LogP contribution < -0.4 is 4.90 Å². The average Bonchev–Trinajstić information content (AvgIpc) is 3.38. The highest BCUT2D eigenvalue weighted by molar-refractivity contribution is 5.41. The first-order valence-corrected chi connectivity index (χ1v) is 9.97. The monoisotopic (exact) mass is 380 g/mol. The van der Waals surface area contributed by atoms with Crippen LogP contribution in [0, 0.1) is 0 Å². The van der Waals surface area contributed by atoms with Crippen LogP contribution in [0.5, 0.6) is 0 Å². The minimum atomic E-state index is 0.393. The molecule has 0 aliphatic carbocycles. The van der Waals surface area contributed by atoms with Gasteiger partial charge in [-0.3, -0.25) is 0 Å². The van der Waals surface area contributed by atoms with Gasteiger partial charge < -0.3 is 14.4 Å². The summed E-state index contributed by atoms with van der Waals surface area (Å²) in [7, 11) is 4.23. The predicted molar refractivity (Wildman–Crippen MR) is 109 cm³/mol. The number of anilines is 1. The van der Waals surface area contributed by atoms with Gasteiger partial charge in [0.2, 0.25) is 5.95 Å². The second-order valence-corrected chi connectivity index (χ2v) is 7.65. The van der Waals surface area contributed by atoms with E-state index < -0.39 is 0 Å². The fourth-order valence-electron chi connectivity index (χ4n) is 3.91. The molecule has 0 bridgehead atoms. The van der Waals surface area contributed by atoms with Gasteiger partial charge in [-0.1, -0.05) is 23.3 Å². The van der Waals surface area contributed by atoms with E-state index in [-0.39, 0.29) is 0 Å². The lowest BCUT2D eigenvalue weighted by Gasteiger charge is -2.32. The maximum Gasteiger partial charge on any atom is 0.250 e. The quantitative estimate of drug-likeness (QED) is 0.626. The molecule has 1 fully saturated rings. The van der Waals surface area contributed by atoms with Crippen molar-refractivity contribution in [3.05, 3.63) is 48.5 Å². The molecule has 0 N–H and O–H groups in total. The van der Waals surface area contributed by atoms with E-state index in [1.807, 2.05) is 41.2 Å². The predicted octanol–water partition coefficient (Wildman–Crippen LogP) is 2.19.